The van der Waals surface area contributed by atoms with E-state index in [1.165, 1.54) is 17.7 Å². The molecule has 1 aliphatic carbocycles. The summed E-state index contributed by atoms with van der Waals surface area (Å²) < 4.78 is 7.67. The molecule has 1 saturated heterocycles. The third kappa shape index (κ3) is 2.67. The summed E-state index contributed by atoms with van der Waals surface area (Å²) in [5.41, 5.74) is 2.66. The van der Waals surface area contributed by atoms with Crippen LogP contribution in [0.15, 0.2) is 16.9 Å². The van der Waals surface area contributed by atoms with Gasteiger partial charge in [0.1, 0.15) is 0 Å². The van der Waals surface area contributed by atoms with Gasteiger partial charge in [-0.15, -0.1) is 0 Å². The number of nitrogens with one attached hydrogen (secondary N) is 1. The molecule has 0 amide bonds. The average molecular weight is 276 g/mol. The minimum absolute atomic E-state index is 0.122. The maximum absolute atomic E-state index is 12.2. The minimum Gasteiger partial charge on any atom is -0.376 e. The van der Waals surface area contributed by atoms with Crippen LogP contribution >= 0.6 is 0 Å². The van der Waals surface area contributed by atoms with E-state index in [1.54, 1.807) is 6.07 Å². The van der Waals surface area contributed by atoms with Crippen LogP contribution in [0.4, 0.5) is 0 Å². The molecule has 0 bridgehead atoms. The van der Waals surface area contributed by atoms with Gasteiger partial charge in [-0.3, -0.25) is 4.79 Å². The fourth-order valence-electron chi connectivity index (χ4n) is 3.51. The first-order valence-corrected chi connectivity index (χ1v) is 7.87. The molecule has 1 fully saturated rings. The highest BCUT2D eigenvalue weighted by Gasteiger charge is 2.24. The van der Waals surface area contributed by atoms with E-state index in [9.17, 15) is 4.79 Å². The Bertz CT molecular complexity index is 518. The first-order chi connectivity index (χ1) is 9.79. The first-order valence-electron chi connectivity index (χ1n) is 7.87. The summed E-state index contributed by atoms with van der Waals surface area (Å²) >= 11 is 0. The van der Waals surface area contributed by atoms with E-state index in [1.807, 2.05) is 10.6 Å². The Hall–Kier alpha value is -1.13. The van der Waals surface area contributed by atoms with Crippen molar-refractivity contribution in [3.05, 3.63) is 33.7 Å². The van der Waals surface area contributed by atoms with Crippen molar-refractivity contribution in [1.29, 1.82) is 0 Å². The van der Waals surface area contributed by atoms with E-state index in [-0.39, 0.29) is 11.7 Å². The van der Waals surface area contributed by atoms with Crippen LogP contribution < -0.4 is 10.9 Å². The molecule has 1 aliphatic heterocycles. The largest absolute Gasteiger partial charge is 0.376 e. The molecule has 2 aliphatic rings. The predicted molar refractivity (Wildman–Crippen MR) is 79.0 cm³/mol. The summed E-state index contributed by atoms with van der Waals surface area (Å²) in [7, 11) is 0. The van der Waals surface area contributed by atoms with Crippen molar-refractivity contribution in [3.63, 3.8) is 0 Å². The lowest BCUT2D eigenvalue weighted by atomic mass is 9.90. The Morgan fingerprint density at radius 1 is 1.35 bits per heavy atom. The molecular weight excluding hydrogens is 252 g/mol. The lowest BCUT2D eigenvalue weighted by molar-refractivity contribution is 0.0951. The number of rotatable bonds is 4. The normalized spacial score (nSPS) is 25.6. The second-order valence-corrected chi connectivity index (χ2v) is 5.82. The number of nitrogens with zero attached hydrogens (tertiary/aromatic N) is 1. The van der Waals surface area contributed by atoms with Gasteiger partial charge in [0, 0.05) is 24.4 Å². The van der Waals surface area contributed by atoms with Crippen molar-refractivity contribution in [1.82, 2.24) is 9.88 Å². The number of hydrogen-bond acceptors (Lipinski definition) is 3. The van der Waals surface area contributed by atoms with Gasteiger partial charge in [-0.25, -0.2) is 0 Å². The van der Waals surface area contributed by atoms with Gasteiger partial charge in [-0.1, -0.05) is 13.0 Å². The van der Waals surface area contributed by atoms with Crippen LogP contribution in [0.2, 0.25) is 0 Å². The van der Waals surface area contributed by atoms with E-state index >= 15 is 0 Å². The smallest absolute Gasteiger partial charge is 0.250 e. The SMILES string of the molecule is CCNC1CCCc2c1ccc(=O)n2CC1CCCO1. The Balaban J connectivity index is 1.92. The quantitative estimate of drug-likeness (QED) is 0.915. The van der Waals surface area contributed by atoms with Gasteiger partial charge < -0.3 is 14.6 Å². The van der Waals surface area contributed by atoms with Crippen molar-refractivity contribution in [3.8, 4) is 0 Å². The molecule has 110 valence electrons. The van der Waals surface area contributed by atoms with Crippen molar-refractivity contribution in [2.24, 2.45) is 0 Å². The molecule has 4 nitrogen and oxygen atoms in total. The second kappa shape index (κ2) is 6.10. The maximum Gasteiger partial charge on any atom is 0.250 e. The molecule has 3 rings (SSSR count). The van der Waals surface area contributed by atoms with Crippen LogP contribution in [-0.2, 0) is 17.7 Å². The summed E-state index contributed by atoms with van der Waals surface area (Å²) in [6.45, 7) is 4.67. The molecule has 2 unspecified atom stereocenters. The van der Waals surface area contributed by atoms with Crippen LogP contribution in [0.5, 0.6) is 0 Å². The number of aromatic nitrogens is 1. The highest BCUT2D eigenvalue weighted by molar-refractivity contribution is 5.27. The predicted octanol–water partition coefficient (Wildman–Crippen LogP) is 2.01. The van der Waals surface area contributed by atoms with E-state index in [0.717, 1.165) is 45.4 Å². The fraction of sp³-hybridized carbons (Fsp3) is 0.688. The van der Waals surface area contributed by atoms with Gasteiger partial charge in [-0.05, 0) is 44.2 Å². The van der Waals surface area contributed by atoms with E-state index < -0.39 is 0 Å². The van der Waals surface area contributed by atoms with Crippen LogP contribution in [0.1, 0.15) is 49.9 Å². The zero-order valence-corrected chi connectivity index (χ0v) is 12.2. The Kier molecular flexibility index (Phi) is 4.22. The molecule has 2 heterocycles. The molecule has 0 aromatic carbocycles. The van der Waals surface area contributed by atoms with E-state index in [4.69, 9.17) is 4.74 Å². The van der Waals surface area contributed by atoms with Gasteiger partial charge in [0.25, 0.3) is 5.56 Å². The minimum atomic E-state index is 0.122. The van der Waals surface area contributed by atoms with E-state index in [2.05, 4.69) is 12.2 Å². The highest BCUT2D eigenvalue weighted by atomic mass is 16.5. The van der Waals surface area contributed by atoms with Crippen molar-refractivity contribution in [2.45, 2.75) is 57.7 Å². The third-order valence-corrected chi connectivity index (χ3v) is 4.47. The number of hydrogen-bond donors (Lipinski definition) is 1. The van der Waals surface area contributed by atoms with Gasteiger partial charge in [0.2, 0.25) is 0 Å². The molecule has 0 radical (unpaired) electrons. The number of pyridine rings is 1. The third-order valence-electron chi connectivity index (χ3n) is 4.47. The lowest BCUT2D eigenvalue weighted by Gasteiger charge is -2.29. The van der Waals surface area contributed by atoms with Crippen LogP contribution in [0.3, 0.4) is 0 Å². The molecule has 1 aromatic heterocycles. The fourth-order valence-corrected chi connectivity index (χ4v) is 3.51. The molecule has 4 heteroatoms. The molecule has 1 aromatic rings. The summed E-state index contributed by atoms with van der Waals surface area (Å²) in [4.78, 5) is 12.2. The van der Waals surface area contributed by atoms with Crippen molar-refractivity contribution >= 4 is 0 Å². The Morgan fingerprint density at radius 2 is 2.25 bits per heavy atom. The van der Waals surface area contributed by atoms with Crippen LogP contribution in [0, 0.1) is 0 Å². The topological polar surface area (TPSA) is 43.3 Å². The number of fused-ring (bicyclic) bond motifs is 1. The van der Waals surface area contributed by atoms with Gasteiger partial charge in [0.05, 0.1) is 12.6 Å². The van der Waals surface area contributed by atoms with Crippen molar-refractivity contribution < 1.29 is 4.74 Å². The summed E-state index contributed by atoms with van der Waals surface area (Å²) in [5.74, 6) is 0. The average Bonchev–Trinajstić information content (AvgIpc) is 2.96. The molecule has 0 spiro atoms. The molecule has 2 atom stereocenters. The van der Waals surface area contributed by atoms with Crippen molar-refractivity contribution in [2.75, 3.05) is 13.2 Å². The Labute approximate surface area is 120 Å². The first kappa shape index (κ1) is 13.8. The zero-order valence-electron chi connectivity index (χ0n) is 12.2. The summed E-state index contributed by atoms with van der Waals surface area (Å²) in [6, 6.07) is 4.15. The van der Waals surface area contributed by atoms with Crippen LogP contribution in [-0.4, -0.2) is 23.8 Å². The summed E-state index contributed by atoms with van der Waals surface area (Å²) in [5, 5.41) is 3.53. The second-order valence-electron chi connectivity index (χ2n) is 5.82. The van der Waals surface area contributed by atoms with Crippen LogP contribution in [0.25, 0.3) is 0 Å². The van der Waals surface area contributed by atoms with Gasteiger partial charge in [0.15, 0.2) is 0 Å². The summed E-state index contributed by atoms with van der Waals surface area (Å²) in [6.07, 6.45) is 5.75. The van der Waals surface area contributed by atoms with E-state index in [0.29, 0.717) is 6.04 Å². The molecule has 20 heavy (non-hydrogen) atoms. The monoisotopic (exact) mass is 276 g/mol. The zero-order chi connectivity index (χ0) is 13.9. The number of ether oxygens (including phenoxy) is 1. The maximum atomic E-state index is 12.2. The molecule has 0 saturated carbocycles. The van der Waals surface area contributed by atoms with Gasteiger partial charge >= 0.3 is 0 Å². The molecular formula is C16H24N2O2. The molecule has 1 N–H and O–H groups in total. The Morgan fingerprint density at radius 3 is 3.00 bits per heavy atom. The lowest BCUT2D eigenvalue weighted by Crippen LogP contribution is -2.34. The van der Waals surface area contributed by atoms with Gasteiger partial charge in [-0.2, -0.15) is 0 Å². The highest BCUT2D eigenvalue weighted by Crippen LogP contribution is 2.29. The standard InChI is InChI=1S/C16H24N2O2/c1-2-17-14-6-3-7-15-13(14)8-9-16(19)18(15)11-12-5-4-10-20-12/h8-9,12,14,17H,2-7,10-11H2,1H3.